The van der Waals surface area contributed by atoms with Crippen molar-refractivity contribution in [2.24, 2.45) is 34.5 Å². The molecule has 202 valence electrons. The van der Waals surface area contributed by atoms with Gasteiger partial charge in [0.25, 0.3) is 0 Å². The average Bonchev–Trinajstić information content (AvgIpc) is 3.21. The molecule has 5 unspecified atom stereocenters. The number of hydrogen-bond donors (Lipinski definition) is 1. The van der Waals surface area contributed by atoms with Crippen molar-refractivity contribution < 1.29 is 1.43 Å². The molecule has 2 fully saturated rings. The molecule has 36 heavy (non-hydrogen) atoms. The zero-order valence-electron chi connectivity index (χ0n) is 25.0. The van der Waals surface area contributed by atoms with E-state index in [0.29, 0.717) is 16.7 Å². The topological polar surface area (TPSA) is 23.9 Å². The number of rotatable bonds is 3. The van der Waals surface area contributed by atoms with Crippen molar-refractivity contribution in [3.8, 4) is 0 Å². The van der Waals surface area contributed by atoms with E-state index in [1.807, 2.05) is 19.4 Å². The van der Waals surface area contributed by atoms with E-state index in [1.54, 1.807) is 11.8 Å². The van der Waals surface area contributed by atoms with Crippen molar-refractivity contribution in [1.82, 2.24) is 0 Å². The molecule has 0 saturated heterocycles. The maximum absolute atomic E-state index is 7.95. The highest BCUT2D eigenvalue weighted by atomic mass is 14.6. The molecule has 0 aromatic heterocycles. The minimum absolute atomic E-state index is 0. The quantitative estimate of drug-likeness (QED) is 0.321. The van der Waals surface area contributed by atoms with Crippen LogP contribution in [-0.4, -0.2) is 6.21 Å². The van der Waals surface area contributed by atoms with Gasteiger partial charge in [-0.05, 0) is 114 Å². The summed E-state index contributed by atoms with van der Waals surface area (Å²) in [6.45, 7) is 20.1. The van der Waals surface area contributed by atoms with E-state index >= 15 is 0 Å². The van der Waals surface area contributed by atoms with Crippen LogP contribution in [0.15, 0.2) is 35.9 Å². The van der Waals surface area contributed by atoms with Crippen LogP contribution in [0.5, 0.6) is 0 Å². The van der Waals surface area contributed by atoms with Gasteiger partial charge in [-0.2, -0.15) is 0 Å². The van der Waals surface area contributed by atoms with Gasteiger partial charge in [-0.25, -0.2) is 0 Å². The Bertz CT molecular complexity index is 967. The summed E-state index contributed by atoms with van der Waals surface area (Å²) >= 11 is 0. The predicted octanol–water partition coefficient (Wildman–Crippen LogP) is 11.1. The third-order valence-corrected chi connectivity index (χ3v) is 9.77. The van der Waals surface area contributed by atoms with E-state index in [9.17, 15) is 0 Å². The van der Waals surface area contributed by atoms with Crippen LogP contribution < -0.4 is 0 Å². The minimum Gasteiger partial charge on any atom is -0.308 e. The van der Waals surface area contributed by atoms with E-state index < -0.39 is 0 Å². The Balaban J connectivity index is 0.000000630. The van der Waals surface area contributed by atoms with Crippen LogP contribution in [0.25, 0.3) is 5.57 Å². The molecule has 5 atom stereocenters. The molecule has 5 rings (SSSR count). The fraction of sp³-hybridized carbons (Fsp3) is 0.686. The zero-order valence-corrected chi connectivity index (χ0v) is 25.0. The molecule has 4 aliphatic rings. The Labute approximate surface area is 225 Å². The molecule has 4 aliphatic carbocycles. The first-order valence-electron chi connectivity index (χ1n) is 15.2. The molecule has 1 nitrogen and oxygen atoms in total. The lowest BCUT2D eigenvalue weighted by Gasteiger charge is -2.57. The van der Waals surface area contributed by atoms with E-state index in [4.69, 9.17) is 5.41 Å². The fourth-order valence-electron chi connectivity index (χ4n) is 8.11. The van der Waals surface area contributed by atoms with Crippen molar-refractivity contribution >= 4 is 11.8 Å². The SMILES string of the molecule is CC.CC(C)C.CC(C)c1ccc(C2=CCC3C4CC=C5CCCCC5(C)C4CCC23C)cc1C=N.[HH]. The van der Waals surface area contributed by atoms with Crippen molar-refractivity contribution in [1.29, 1.82) is 5.41 Å². The van der Waals surface area contributed by atoms with Crippen LogP contribution >= 0.6 is 0 Å². The van der Waals surface area contributed by atoms with E-state index in [0.717, 1.165) is 29.2 Å². The van der Waals surface area contributed by atoms with Gasteiger partial charge < -0.3 is 5.41 Å². The highest BCUT2D eigenvalue weighted by Crippen LogP contribution is 2.66. The van der Waals surface area contributed by atoms with Crippen LogP contribution in [0, 0.1) is 39.9 Å². The Morgan fingerprint density at radius 2 is 1.61 bits per heavy atom. The summed E-state index contributed by atoms with van der Waals surface area (Å²) < 4.78 is 0. The number of nitrogens with one attached hydrogen (secondary N) is 1. The predicted molar refractivity (Wildman–Crippen MR) is 162 cm³/mol. The summed E-state index contributed by atoms with van der Waals surface area (Å²) in [5, 5.41) is 7.95. The van der Waals surface area contributed by atoms with E-state index in [2.05, 4.69) is 78.8 Å². The molecule has 0 spiro atoms. The molecular formula is C35H57N. The molecule has 0 bridgehead atoms. The highest BCUT2D eigenvalue weighted by Gasteiger charge is 2.56. The van der Waals surface area contributed by atoms with Gasteiger partial charge in [0.2, 0.25) is 0 Å². The molecule has 1 heteroatoms. The van der Waals surface area contributed by atoms with Gasteiger partial charge in [-0.15, -0.1) is 0 Å². The maximum Gasteiger partial charge on any atom is 0.0253 e. The summed E-state index contributed by atoms with van der Waals surface area (Å²) in [6.07, 6.45) is 17.7. The Morgan fingerprint density at radius 3 is 2.25 bits per heavy atom. The van der Waals surface area contributed by atoms with Crippen molar-refractivity contribution in [2.75, 3.05) is 0 Å². The van der Waals surface area contributed by atoms with Crippen molar-refractivity contribution in [2.45, 2.75) is 120 Å². The standard InChI is InChI=1S/C29H39N.C4H10.C2H6.H2/c1-19(2)23-10-8-20(17-21(23)18-30)25-12-13-26-24-11-9-22-7-5-6-15-28(22,3)27(24)14-16-29(25,26)4;1-4(2)3;1-2;/h8-10,12,17-19,24,26-27,30H,5-7,11,13-16H2,1-4H3;4H,1-3H3;1-2H3;1H. The molecule has 0 heterocycles. The van der Waals surface area contributed by atoms with Gasteiger partial charge >= 0.3 is 0 Å². The zero-order chi connectivity index (χ0) is 26.7. The summed E-state index contributed by atoms with van der Waals surface area (Å²) in [6, 6.07) is 6.92. The second-order valence-electron chi connectivity index (χ2n) is 13.2. The average molecular weight is 492 g/mol. The summed E-state index contributed by atoms with van der Waals surface area (Å²) in [5.41, 5.74) is 7.94. The molecule has 1 N–H and O–H groups in total. The Kier molecular flexibility index (Phi) is 9.51. The molecular weight excluding hydrogens is 434 g/mol. The van der Waals surface area contributed by atoms with Crippen LogP contribution in [0.2, 0.25) is 0 Å². The normalized spacial score (nSPS) is 32.6. The summed E-state index contributed by atoms with van der Waals surface area (Å²) in [5.74, 6) is 3.83. The highest BCUT2D eigenvalue weighted by molar-refractivity contribution is 5.83. The third kappa shape index (κ3) is 5.32. The summed E-state index contributed by atoms with van der Waals surface area (Å²) in [7, 11) is 0. The van der Waals surface area contributed by atoms with Gasteiger partial charge in [0, 0.05) is 7.64 Å². The lowest BCUT2D eigenvalue weighted by molar-refractivity contribution is -0.00980. The monoisotopic (exact) mass is 491 g/mol. The lowest BCUT2D eigenvalue weighted by Crippen LogP contribution is -2.48. The number of allylic oxidation sites excluding steroid dienone is 4. The fourth-order valence-corrected chi connectivity index (χ4v) is 8.11. The smallest absolute Gasteiger partial charge is 0.0253 e. The second kappa shape index (κ2) is 11.8. The molecule has 0 aliphatic heterocycles. The lowest BCUT2D eigenvalue weighted by atomic mass is 9.47. The second-order valence-corrected chi connectivity index (χ2v) is 13.2. The van der Waals surface area contributed by atoms with Gasteiger partial charge in [0.15, 0.2) is 0 Å². The largest absolute Gasteiger partial charge is 0.308 e. The third-order valence-electron chi connectivity index (χ3n) is 9.77. The number of hydrogen-bond acceptors (Lipinski definition) is 1. The summed E-state index contributed by atoms with van der Waals surface area (Å²) in [4.78, 5) is 0. The molecule has 0 radical (unpaired) electrons. The maximum atomic E-state index is 7.95. The minimum atomic E-state index is 0. The first kappa shape index (κ1) is 28.9. The van der Waals surface area contributed by atoms with Crippen molar-refractivity contribution in [3.05, 3.63) is 52.6 Å². The van der Waals surface area contributed by atoms with Crippen LogP contribution in [0.3, 0.4) is 0 Å². The van der Waals surface area contributed by atoms with E-state index in [-0.39, 0.29) is 1.43 Å². The van der Waals surface area contributed by atoms with E-state index in [1.165, 1.54) is 62.5 Å². The molecule has 0 amide bonds. The first-order chi connectivity index (χ1) is 17.1. The van der Waals surface area contributed by atoms with Gasteiger partial charge in [-0.3, -0.25) is 0 Å². The van der Waals surface area contributed by atoms with Gasteiger partial charge in [-0.1, -0.05) is 98.6 Å². The van der Waals surface area contributed by atoms with Crippen LogP contribution in [-0.2, 0) is 0 Å². The molecule has 1 aromatic carbocycles. The van der Waals surface area contributed by atoms with Gasteiger partial charge in [0.1, 0.15) is 0 Å². The van der Waals surface area contributed by atoms with Crippen LogP contribution in [0.1, 0.15) is 138 Å². The van der Waals surface area contributed by atoms with Gasteiger partial charge in [0.05, 0.1) is 0 Å². The molecule has 1 aromatic rings. The van der Waals surface area contributed by atoms with Crippen molar-refractivity contribution in [3.63, 3.8) is 0 Å². The Morgan fingerprint density at radius 1 is 0.917 bits per heavy atom. The van der Waals surface area contributed by atoms with Crippen LogP contribution in [0.4, 0.5) is 0 Å². The molecule has 2 saturated carbocycles. The first-order valence-corrected chi connectivity index (χ1v) is 15.2. The Hall–Kier alpha value is -1.63. The number of benzene rings is 1. The number of fused-ring (bicyclic) bond motifs is 5.